The molecule has 2 heterocycles. The lowest BCUT2D eigenvalue weighted by atomic mass is 10.3. The van der Waals surface area contributed by atoms with Crippen LogP contribution in [0, 0.1) is 0 Å². The van der Waals surface area contributed by atoms with E-state index in [9.17, 15) is 0 Å². The van der Waals surface area contributed by atoms with Gasteiger partial charge in [-0.25, -0.2) is 4.99 Å². The second-order valence-electron chi connectivity index (χ2n) is 4.30. The Kier molecular flexibility index (Phi) is 3.44. The lowest BCUT2D eigenvalue weighted by Crippen LogP contribution is -2.33. The van der Waals surface area contributed by atoms with E-state index in [0.29, 0.717) is 15.7 Å². The molecule has 1 aromatic rings. The van der Waals surface area contributed by atoms with Gasteiger partial charge in [-0.05, 0) is 24.6 Å². The molecule has 0 atom stereocenters. The standard InChI is InChI=1S/C13H12Cl2N4/c14-9-3-1-4-10(13(9)15)17-18-12-5-2-8-19(12)11-6-7-16-11/h1,3-4,6-7,17H,2,5,8H2. The predicted molar refractivity (Wildman–Crippen MR) is 80.0 cm³/mol. The van der Waals surface area contributed by atoms with Crippen molar-refractivity contribution in [2.75, 3.05) is 12.0 Å². The monoisotopic (exact) mass is 294 g/mol. The number of amidine groups is 2. The molecule has 1 N–H and O–H groups in total. The number of nitrogens with zero attached hydrogens (tertiary/aromatic N) is 3. The summed E-state index contributed by atoms with van der Waals surface area (Å²) in [4.78, 5) is 6.30. The van der Waals surface area contributed by atoms with E-state index in [-0.39, 0.29) is 0 Å². The van der Waals surface area contributed by atoms with Crippen LogP contribution in [0.5, 0.6) is 0 Å². The minimum atomic E-state index is 0.485. The van der Waals surface area contributed by atoms with E-state index >= 15 is 0 Å². The molecule has 0 aliphatic carbocycles. The van der Waals surface area contributed by atoms with Crippen LogP contribution in [0.15, 0.2) is 40.6 Å². The Balaban J connectivity index is 1.76. The number of hydrogen-bond acceptors (Lipinski definition) is 3. The van der Waals surface area contributed by atoms with Gasteiger partial charge in [-0.3, -0.25) is 5.43 Å². The third kappa shape index (κ3) is 2.46. The number of benzene rings is 1. The number of hydrazone groups is 1. The molecule has 19 heavy (non-hydrogen) atoms. The lowest BCUT2D eigenvalue weighted by Gasteiger charge is -2.21. The van der Waals surface area contributed by atoms with Gasteiger partial charge in [0.05, 0.1) is 15.7 Å². The van der Waals surface area contributed by atoms with Gasteiger partial charge in [-0.15, -0.1) is 0 Å². The highest BCUT2D eigenvalue weighted by Crippen LogP contribution is 2.29. The zero-order valence-corrected chi connectivity index (χ0v) is 11.6. The maximum absolute atomic E-state index is 6.10. The van der Waals surface area contributed by atoms with Gasteiger partial charge in [0.25, 0.3) is 0 Å². The summed E-state index contributed by atoms with van der Waals surface area (Å²) in [5.74, 6) is 1.94. The summed E-state index contributed by atoms with van der Waals surface area (Å²) >= 11 is 12.1. The molecule has 2 aliphatic rings. The van der Waals surface area contributed by atoms with Gasteiger partial charge in [0.2, 0.25) is 0 Å². The average molecular weight is 295 g/mol. The van der Waals surface area contributed by atoms with Crippen LogP contribution in [0.4, 0.5) is 5.69 Å². The molecule has 1 fully saturated rings. The van der Waals surface area contributed by atoms with Gasteiger partial charge in [-0.1, -0.05) is 29.3 Å². The van der Waals surface area contributed by atoms with Crippen molar-refractivity contribution in [3.63, 3.8) is 0 Å². The van der Waals surface area contributed by atoms with Crippen molar-refractivity contribution < 1.29 is 0 Å². The van der Waals surface area contributed by atoms with Crippen LogP contribution in [0.25, 0.3) is 0 Å². The molecule has 4 nitrogen and oxygen atoms in total. The number of hydrogen-bond donors (Lipinski definition) is 1. The van der Waals surface area contributed by atoms with E-state index in [0.717, 1.165) is 31.1 Å². The first kappa shape index (κ1) is 12.5. The first-order chi connectivity index (χ1) is 9.25. The van der Waals surface area contributed by atoms with Crippen LogP contribution >= 0.6 is 23.2 Å². The number of nitrogens with one attached hydrogen (secondary N) is 1. The Morgan fingerprint density at radius 1 is 1.32 bits per heavy atom. The van der Waals surface area contributed by atoms with E-state index in [1.165, 1.54) is 0 Å². The Morgan fingerprint density at radius 2 is 2.16 bits per heavy atom. The van der Waals surface area contributed by atoms with E-state index < -0.39 is 0 Å². The van der Waals surface area contributed by atoms with Gasteiger partial charge in [-0.2, -0.15) is 5.10 Å². The van der Waals surface area contributed by atoms with E-state index in [1.54, 1.807) is 12.3 Å². The Hall–Kier alpha value is -1.52. The predicted octanol–water partition coefficient (Wildman–Crippen LogP) is 3.74. The van der Waals surface area contributed by atoms with Crippen molar-refractivity contribution >= 4 is 40.6 Å². The molecule has 3 rings (SSSR count). The highest BCUT2D eigenvalue weighted by Gasteiger charge is 2.23. The number of aliphatic imine (C=N–C) groups is 1. The molecule has 0 aromatic heterocycles. The van der Waals surface area contributed by atoms with Gasteiger partial charge in [0.15, 0.2) is 0 Å². The smallest absolute Gasteiger partial charge is 0.135 e. The zero-order chi connectivity index (χ0) is 13.2. The van der Waals surface area contributed by atoms with E-state index in [2.05, 4.69) is 20.4 Å². The lowest BCUT2D eigenvalue weighted by molar-refractivity contribution is 0.653. The molecule has 0 saturated carbocycles. The van der Waals surface area contributed by atoms with Crippen molar-refractivity contribution in [3.05, 3.63) is 40.5 Å². The number of likely N-dealkylation sites (tertiary alicyclic amines) is 1. The second-order valence-corrected chi connectivity index (χ2v) is 5.08. The molecule has 1 saturated heterocycles. The molecule has 0 amide bonds. The fourth-order valence-electron chi connectivity index (χ4n) is 2.04. The molecule has 0 unspecified atom stereocenters. The average Bonchev–Trinajstić information content (AvgIpc) is 2.77. The summed E-state index contributed by atoms with van der Waals surface area (Å²) in [6.07, 6.45) is 5.77. The summed E-state index contributed by atoms with van der Waals surface area (Å²) in [5.41, 5.74) is 3.69. The fraction of sp³-hybridized carbons (Fsp3) is 0.231. The quantitative estimate of drug-likeness (QED) is 0.844. The van der Waals surface area contributed by atoms with Crippen LogP contribution in [0.3, 0.4) is 0 Å². The van der Waals surface area contributed by atoms with Crippen LogP contribution < -0.4 is 5.43 Å². The summed E-state index contributed by atoms with van der Waals surface area (Å²) in [6.45, 7) is 0.951. The van der Waals surface area contributed by atoms with Crippen LogP contribution in [0.1, 0.15) is 12.8 Å². The summed E-state index contributed by atoms with van der Waals surface area (Å²) in [5, 5.41) is 5.41. The molecular formula is C13H12Cl2N4. The molecule has 98 valence electrons. The van der Waals surface area contributed by atoms with Crippen LogP contribution in [-0.4, -0.2) is 23.1 Å². The van der Waals surface area contributed by atoms with Crippen molar-refractivity contribution in [3.8, 4) is 0 Å². The first-order valence-corrected chi connectivity index (χ1v) is 6.80. The number of halogens is 2. The minimum absolute atomic E-state index is 0.485. The molecular weight excluding hydrogens is 283 g/mol. The van der Waals surface area contributed by atoms with Crippen molar-refractivity contribution in [2.45, 2.75) is 12.8 Å². The maximum Gasteiger partial charge on any atom is 0.135 e. The fourth-order valence-corrected chi connectivity index (χ4v) is 2.38. The highest BCUT2D eigenvalue weighted by atomic mass is 35.5. The van der Waals surface area contributed by atoms with Gasteiger partial charge in [0.1, 0.15) is 11.7 Å². The first-order valence-electron chi connectivity index (χ1n) is 6.04. The zero-order valence-electron chi connectivity index (χ0n) is 10.1. The van der Waals surface area contributed by atoms with Crippen LogP contribution in [-0.2, 0) is 0 Å². The van der Waals surface area contributed by atoms with Crippen molar-refractivity contribution in [1.29, 1.82) is 0 Å². The van der Waals surface area contributed by atoms with Crippen molar-refractivity contribution in [1.82, 2.24) is 4.90 Å². The molecule has 0 bridgehead atoms. The normalized spacial score (nSPS) is 19.6. The molecule has 0 radical (unpaired) electrons. The highest BCUT2D eigenvalue weighted by molar-refractivity contribution is 6.43. The molecule has 1 aromatic carbocycles. The Labute approximate surface area is 121 Å². The van der Waals surface area contributed by atoms with Crippen molar-refractivity contribution in [2.24, 2.45) is 10.1 Å². The topological polar surface area (TPSA) is 40.0 Å². The van der Waals surface area contributed by atoms with Gasteiger partial charge < -0.3 is 4.90 Å². The van der Waals surface area contributed by atoms with Gasteiger partial charge in [0, 0.05) is 19.2 Å². The summed E-state index contributed by atoms with van der Waals surface area (Å²) < 4.78 is 0. The largest absolute Gasteiger partial charge is 0.313 e. The SMILES string of the molecule is Clc1cccc(NN=C2CCCN2C2=NC=C2)c1Cl. The Morgan fingerprint density at radius 3 is 2.89 bits per heavy atom. The van der Waals surface area contributed by atoms with E-state index in [1.807, 2.05) is 18.2 Å². The third-order valence-corrected chi connectivity index (χ3v) is 3.88. The second kappa shape index (κ2) is 5.23. The molecule has 0 spiro atoms. The van der Waals surface area contributed by atoms with Gasteiger partial charge >= 0.3 is 0 Å². The van der Waals surface area contributed by atoms with Crippen LogP contribution in [0.2, 0.25) is 10.0 Å². The summed E-state index contributed by atoms with van der Waals surface area (Å²) in [6, 6.07) is 5.43. The Bertz CT molecular complexity index is 592. The number of rotatable bonds is 2. The maximum atomic E-state index is 6.10. The minimum Gasteiger partial charge on any atom is -0.313 e. The third-order valence-electron chi connectivity index (χ3n) is 3.06. The van der Waals surface area contributed by atoms with E-state index in [4.69, 9.17) is 23.2 Å². The molecule has 6 heteroatoms. The molecule has 2 aliphatic heterocycles. The number of anilines is 1. The summed E-state index contributed by atoms with van der Waals surface area (Å²) in [7, 11) is 0.